The summed E-state index contributed by atoms with van der Waals surface area (Å²) in [5.74, 6) is -2.16. The van der Waals surface area contributed by atoms with E-state index in [0.29, 0.717) is 5.56 Å². The fourth-order valence-corrected chi connectivity index (χ4v) is 2.36. The Labute approximate surface area is 121 Å². The molecule has 2 aromatic rings. The normalized spacial score (nSPS) is 13.7. The van der Waals surface area contributed by atoms with Crippen LogP contribution in [0.2, 0.25) is 0 Å². The highest BCUT2D eigenvalue weighted by Crippen LogP contribution is 2.29. The topological polar surface area (TPSA) is 63.3 Å². The van der Waals surface area contributed by atoms with E-state index >= 15 is 0 Å². The van der Waals surface area contributed by atoms with Crippen molar-refractivity contribution >= 4 is 5.97 Å². The lowest BCUT2D eigenvalue weighted by atomic mass is 9.75. The lowest BCUT2D eigenvalue weighted by Crippen LogP contribution is -2.45. The first-order valence-electron chi connectivity index (χ1n) is 6.42. The van der Waals surface area contributed by atoms with Crippen molar-refractivity contribution in [1.29, 1.82) is 0 Å². The summed E-state index contributed by atoms with van der Waals surface area (Å²) in [6.45, 7) is -0.220. The highest BCUT2D eigenvalue weighted by atomic mass is 19.1. The van der Waals surface area contributed by atoms with Gasteiger partial charge >= 0.3 is 5.97 Å². The number of benzene rings is 2. The molecular weight excluding hydrogens is 276 g/mol. The second-order valence-electron chi connectivity index (χ2n) is 4.91. The lowest BCUT2D eigenvalue weighted by Gasteiger charge is -2.28. The van der Waals surface area contributed by atoms with Gasteiger partial charge in [-0.1, -0.05) is 24.3 Å². The van der Waals surface area contributed by atoms with Crippen molar-refractivity contribution < 1.29 is 18.7 Å². The van der Waals surface area contributed by atoms with E-state index in [-0.39, 0.29) is 18.5 Å². The van der Waals surface area contributed by atoms with Gasteiger partial charge in [0.25, 0.3) is 0 Å². The van der Waals surface area contributed by atoms with Crippen LogP contribution in [0.3, 0.4) is 0 Å². The average molecular weight is 291 g/mol. The smallest absolute Gasteiger partial charge is 0.315 e. The van der Waals surface area contributed by atoms with Gasteiger partial charge < -0.3 is 10.8 Å². The van der Waals surface area contributed by atoms with Crippen LogP contribution < -0.4 is 5.73 Å². The molecule has 1 atom stereocenters. The van der Waals surface area contributed by atoms with Crippen LogP contribution in [-0.4, -0.2) is 17.6 Å². The maximum atomic E-state index is 13.4. The second kappa shape index (κ2) is 6.01. The van der Waals surface area contributed by atoms with Crippen molar-refractivity contribution in [3.8, 4) is 0 Å². The zero-order valence-electron chi connectivity index (χ0n) is 11.2. The molecule has 3 N–H and O–H groups in total. The Morgan fingerprint density at radius 2 is 1.71 bits per heavy atom. The number of halogens is 2. The molecule has 1 unspecified atom stereocenters. The Bertz CT molecular complexity index is 660. The first-order valence-corrected chi connectivity index (χ1v) is 6.42. The Balaban J connectivity index is 2.49. The van der Waals surface area contributed by atoms with Gasteiger partial charge in [-0.2, -0.15) is 0 Å². The van der Waals surface area contributed by atoms with Crippen molar-refractivity contribution in [2.45, 2.75) is 11.8 Å². The summed E-state index contributed by atoms with van der Waals surface area (Å²) in [5.41, 5.74) is 4.95. The SMILES string of the molecule is NCC(Cc1cccc(F)c1)(C(=O)O)c1cccc(F)c1. The number of hydrogen-bond acceptors (Lipinski definition) is 2. The Morgan fingerprint density at radius 1 is 1.10 bits per heavy atom. The molecule has 0 fully saturated rings. The van der Waals surface area contributed by atoms with Gasteiger partial charge in [0.15, 0.2) is 0 Å². The highest BCUT2D eigenvalue weighted by molar-refractivity contribution is 5.82. The molecule has 0 saturated heterocycles. The predicted molar refractivity (Wildman–Crippen MR) is 74.9 cm³/mol. The summed E-state index contributed by atoms with van der Waals surface area (Å²) in [7, 11) is 0. The van der Waals surface area contributed by atoms with Crippen LogP contribution in [0, 0.1) is 11.6 Å². The van der Waals surface area contributed by atoms with Gasteiger partial charge in [-0.25, -0.2) is 8.78 Å². The number of hydrogen-bond donors (Lipinski definition) is 2. The Hall–Kier alpha value is -2.27. The molecule has 0 aliphatic heterocycles. The molecule has 0 bridgehead atoms. The molecule has 0 aliphatic rings. The minimum atomic E-state index is -1.49. The molecule has 0 saturated carbocycles. The highest BCUT2D eigenvalue weighted by Gasteiger charge is 2.39. The Kier molecular flexibility index (Phi) is 4.33. The van der Waals surface area contributed by atoms with Crippen molar-refractivity contribution in [1.82, 2.24) is 0 Å². The summed E-state index contributed by atoms with van der Waals surface area (Å²) in [6.07, 6.45) is -0.0138. The molecule has 2 rings (SSSR count). The van der Waals surface area contributed by atoms with E-state index in [4.69, 9.17) is 5.73 Å². The number of carboxylic acid groups (broad SMARTS) is 1. The number of aliphatic carboxylic acids is 1. The van der Waals surface area contributed by atoms with Crippen molar-refractivity contribution in [3.63, 3.8) is 0 Å². The predicted octanol–water partition coefficient (Wildman–Crippen LogP) is 2.49. The molecule has 110 valence electrons. The molecule has 0 aromatic heterocycles. The van der Waals surface area contributed by atoms with Crippen LogP contribution >= 0.6 is 0 Å². The molecular formula is C16H15F2NO2. The van der Waals surface area contributed by atoms with Crippen LogP contribution in [0.4, 0.5) is 8.78 Å². The van der Waals surface area contributed by atoms with E-state index in [9.17, 15) is 18.7 Å². The summed E-state index contributed by atoms with van der Waals surface area (Å²) >= 11 is 0. The van der Waals surface area contributed by atoms with E-state index in [1.54, 1.807) is 6.07 Å². The molecule has 0 aliphatic carbocycles. The van der Waals surface area contributed by atoms with Crippen molar-refractivity contribution in [2.24, 2.45) is 5.73 Å². The monoisotopic (exact) mass is 291 g/mol. The van der Waals surface area contributed by atoms with Gasteiger partial charge in [0, 0.05) is 6.54 Å². The third kappa shape index (κ3) is 3.08. The Morgan fingerprint density at radius 3 is 2.24 bits per heavy atom. The van der Waals surface area contributed by atoms with E-state index in [1.807, 2.05) is 0 Å². The minimum Gasteiger partial charge on any atom is -0.481 e. The maximum Gasteiger partial charge on any atom is 0.315 e. The van der Waals surface area contributed by atoms with E-state index in [1.165, 1.54) is 36.4 Å². The van der Waals surface area contributed by atoms with Crippen LogP contribution in [0.25, 0.3) is 0 Å². The van der Waals surface area contributed by atoms with Gasteiger partial charge in [-0.15, -0.1) is 0 Å². The molecule has 3 nitrogen and oxygen atoms in total. The van der Waals surface area contributed by atoms with Crippen LogP contribution in [-0.2, 0) is 16.6 Å². The van der Waals surface area contributed by atoms with Crippen LogP contribution in [0.5, 0.6) is 0 Å². The third-order valence-corrected chi connectivity index (χ3v) is 3.53. The van der Waals surface area contributed by atoms with E-state index in [0.717, 1.165) is 6.07 Å². The lowest BCUT2D eigenvalue weighted by molar-refractivity contribution is -0.143. The number of nitrogens with two attached hydrogens (primary N) is 1. The maximum absolute atomic E-state index is 13.4. The first-order chi connectivity index (χ1) is 9.98. The number of carbonyl (C=O) groups is 1. The molecule has 2 aromatic carbocycles. The van der Waals surface area contributed by atoms with Gasteiger partial charge in [-0.05, 0) is 41.8 Å². The van der Waals surface area contributed by atoms with Crippen LogP contribution in [0.1, 0.15) is 11.1 Å². The first kappa shape index (κ1) is 15.1. The number of carboxylic acids is 1. The summed E-state index contributed by atoms with van der Waals surface area (Å²) < 4.78 is 26.7. The molecule has 21 heavy (non-hydrogen) atoms. The van der Waals surface area contributed by atoms with Crippen molar-refractivity contribution in [2.75, 3.05) is 6.54 Å². The standard InChI is InChI=1S/C16H15F2NO2/c17-13-5-1-3-11(7-13)9-16(10-19,15(20)21)12-4-2-6-14(18)8-12/h1-8H,9-10,19H2,(H,20,21). The minimum absolute atomic E-state index is 0.0138. The fraction of sp³-hybridized carbons (Fsp3) is 0.188. The molecule has 0 heterocycles. The van der Waals surface area contributed by atoms with Gasteiger partial charge in [0.05, 0.1) is 0 Å². The quantitative estimate of drug-likeness (QED) is 0.889. The fourth-order valence-electron chi connectivity index (χ4n) is 2.36. The summed E-state index contributed by atoms with van der Waals surface area (Å²) in [6, 6.07) is 11.0. The zero-order chi connectivity index (χ0) is 15.5. The summed E-state index contributed by atoms with van der Waals surface area (Å²) in [4.78, 5) is 11.8. The summed E-state index contributed by atoms with van der Waals surface area (Å²) in [5, 5.41) is 9.60. The molecule has 0 spiro atoms. The van der Waals surface area contributed by atoms with Gasteiger partial charge in [-0.3, -0.25) is 4.79 Å². The van der Waals surface area contributed by atoms with E-state index in [2.05, 4.69) is 0 Å². The number of rotatable bonds is 5. The van der Waals surface area contributed by atoms with E-state index < -0.39 is 23.0 Å². The molecule has 5 heteroatoms. The molecule has 0 amide bonds. The second-order valence-corrected chi connectivity index (χ2v) is 4.91. The van der Waals surface area contributed by atoms with Gasteiger partial charge in [0.2, 0.25) is 0 Å². The van der Waals surface area contributed by atoms with Crippen LogP contribution in [0.15, 0.2) is 48.5 Å². The molecule has 0 radical (unpaired) electrons. The van der Waals surface area contributed by atoms with Gasteiger partial charge in [0.1, 0.15) is 17.0 Å². The zero-order valence-corrected chi connectivity index (χ0v) is 11.2. The average Bonchev–Trinajstić information content (AvgIpc) is 2.44. The largest absolute Gasteiger partial charge is 0.481 e. The van der Waals surface area contributed by atoms with Crippen molar-refractivity contribution in [3.05, 3.63) is 71.3 Å². The third-order valence-electron chi connectivity index (χ3n) is 3.53.